The zero-order chi connectivity index (χ0) is 14.8. The van der Waals surface area contributed by atoms with Crippen molar-refractivity contribution < 1.29 is 4.79 Å². The van der Waals surface area contributed by atoms with E-state index in [-0.39, 0.29) is 0 Å². The monoisotopic (exact) mass is 314 g/mol. The average molecular weight is 315 g/mol. The third-order valence-electron chi connectivity index (χ3n) is 3.56. The molecule has 0 aliphatic heterocycles. The van der Waals surface area contributed by atoms with Crippen LogP contribution in [0.2, 0.25) is 5.02 Å². The summed E-state index contributed by atoms with van der Waals surface area (Å²) in [5, 5.41) is -0.0318. The zero-order valence-corrected chi connectivity index (χ0v) is 13.8. The van der Waals surface area contributed by atoms with Crippen LogP contribution in [0.3, 0.4) is 0 Å². The van der Waals surface area contributed by atoms with Gasteiger partial charge in [-0.2, -0.15) is 0 Å². The van der Waals surface area contributed by atoms with Crippen LogP contribution in [0.15, 0.2) is 18.2 Å². The molecular weight excluding hydrogens is 291 g/mol. The third kappa shape index (κ3) is 6.76. The van der Waals surface area contributed by atoms with Crippen molar-refractivity contribution in [3.63, 3.8) is 0 Å². The molecule has 0 unspecified atom stereocenters. The molecular formula is C17H24Cl2O. The van der Waals surface area contributed by atoms with Crippen LogP contribution in [0.5, 0.6) is 0 Å². The zero-order valence-electron chi connectivity index (χ0n) is 12.3. The number of hydrogen-bond donors (Lipinski definition) is 0. The van der Waals surface area contributed by atoms with E-state index in [1.807, 2.05) is 12.1 Å². The maximum absolute atomic E-state index is 11.1. The van der Waals surface area contributed by atoms with Gasteiger partial charge in [0.1, 0.15) is 0 Å². The van der Waals surface area contributed by atoms with E-state index >= 15 is 0 Å². The lowest BCUT2D eigenvalue weighted by Gasteiger charge is -2.05. The Labute approximate surface area is 132 Å². The predicted molar refractivity (Wildman–Crippen MR) is 87.9 cm³/mol. The molecule has 0 heterocycles. The molecule has 1 rings (SSSR count). The van der Waals surface area contributed by atoms with Crippen molar-refractivity contribution >= 4 is 28.4 Å². The Morgan fingerprint density at radius 3 is 2.15 bits per heavy atom. The Morgan fingerprint density at radius 1 is 1.00 bits per heavy atom. The molecule has 0 atom stereocenters. The molecule has 0 amide bonds. The van der Waals surface area contributed by atoms with Crippen molar-refractivity contribution in [1.82, 2.24) is 0 Å². The number of carbonyl (C=O) groups is 1. The first-order valence-electron chi connectivity index (χ1n) is 7.63. The van der Waals surface area contributed by atoms with Crippen molar-refractivity contribution in [2.24, 2.45) is 0 Å². The standard InChI is InChI=1S/C17H24Cl2O/c1-2-3-4-5-6-7-8-9-10-14-11-12-15(17(19)20)16(18)13-14/h11-13H,2-10H2,1H3. The van der Waals surface area contributed by atoms with E-state index in [1.165, 1.54) is 56.9 Å². The number of carbonyl (C=O) groups excluding carboxylic acids is 1. The molecule has 1 aromatic carbocycles. The van der Waals surface area contributed by atoms with Crippen LogP contribution in [0, 0.1) is 0 Å². The highest BCUT2D eigenvalue weighted by atomic mass is 35.5. The van der Waals surface area contributed by atoms with E-state index in [4.69, 9.17) is 23.2 Å². The molecule has 1 aromatic rings. The molecule has 112 valence electrons. The number of unbranched alkanes of at least 4 members (excludes halogenated alkanes) is 7. The van der Waals surface area contributed by atoms with Crippen molar-refractivity contribution in [3.8, 4) is 0 Å². The van der Waals surface area contributed by atoms with Crippen LogP contribution in [-0.4, -0.2) is 5.24 Å². The van der Waals surface area contributed by atoms with Crippen LogP contribution >= 0.6 is 23.2 Å². The molecule has 0 saturated carbocycles. The Hall–Kier alpha value is -0.530. The molecule has 20 heavy (non-hydrogen) atoms. The second-order valence-electron chi connectivity index (χ2n) is 5.31. The van der Waals surface area contributed by atoms with Crippen molar-refractivity contribution in [2.75, 3.05) is 0 Å². The molecule has 3 heteroatoms. The highest BCUT2D eigenvalue weighted by Crippen LogP contribution is 2.21. The average Bonchev–Trinajstić information content (AvgIpc) is 2.41. The summed E-state index contributed by atoms with van der Waals surface area (Å²) in [5.41, 5.74) is 1.58. The van der Waals surface area contributed by atoms with Gasteiger partial charge in [-0.05, 0) is 42.1 Å². The Morgan fingerprint density at radius 2 is 1.60 bits per heavy atom. The van der Waals surface area contributed by atoms with Crippen LogP contribution in [0.1, 0.15) is 74.2 Å². The van der Waals surface area contributed by atoms with Gasteiger partial charge in [-0.3, -0.25) is 4.79 Å². The fourth-order valence-electron chi connectivity index (χ4n) is 2.34. The lowest BCUT2D eigenvalue weighted by atomic mass is 10.0. The summed E-state index contributed by atoms with van der Waals surface area (Å²) in [6, 6.07) is 5.53. The van der Waals surface area contributed by atoms with E-state index in [1.54, 1.807) is 6.07 Å². The normalized spacial score (nSPS) is 10.8. The maximum Gasteiger partial charge on any atom is 0.253 e. The van der Waals surface area contributed by atoms with E-state index < -0.39 is 5.24 Å². The van der Waals surface area contributed by atoms with Gasteiger partial charge in [0.2, 0.25) is 0 Å². The van der Waals surface area contributed by atoms with E-state index in [0.29, 0.717) is 10.6 Å². The first-order valence-corrected chi connectivity index (χ1v) is 8.39. The minimum Gasteiger partial charge on any atom is -0.276 e. The fourth-order valence-corrected chi connectivity index (χ4v) is 2.84. The molecule has 1 nitrogen and oxygen atoms in total. The van der Waals surface area contributed by atoms with Crippen molar-refractivity contribution in [1.29, 1.82) is 0 Å². The van der Waals surface area contributed by atoms with Gasteiger partial charge in [-0.15, -0.1) is 0 Å². The number of halogens is 2. The van der Waals surface area contributed by atoms with Crippen molar-refractivity contribution in [3.05, 3.63) is 34.3 Å². The van der Waals surface area contributed by atoms with Crippen LogP contribution in [-0.2, 0) is 6.42 Å². The topological polar surface area (TPSA) is 17.1 Å². The molecule has 0 saturated heterocycles. The summed E-state index contributed by atoms with van der Waals surface area (Å²) in [5.74, 6) is 0. The van der Waals surface area contributed by atoms with Crippen LogP contribution < -0.4 is 0 Å². The second kappa shape index (κ2) is 10.2. The highest BCUT2D eigenvalue weighted by Gasteiger charge is 2.07. The van der Waals surface area contributed by atoms with Gasteiger partial charge >= 0.3 is 0 Å². The molecule has 0 aliphatic carbocycles. The van der Waals surface area contributed by atoms with Crippen LogP contribution in [0.4, 0.5) is 0 Å². The molecule has 0 fully saturated rings. The first kappa shape index (κ1) is 17.5. The van der Waals surface area contributed by atoms with Gasteiger partial charge in [0.05, 0.1) is 10.6 Å². The summed E-state index contributed by atoms with van der Waals surface area (Å²) in [6.45, 7) is 2.24. The lowest BCUT2D eigenvalue weighted by molar-refractivity contribution is 0.108. The molecule has 0 bridgehead atoms. The minimum absolute atomic E-state index is 0.396. The SMILES string of the molecule is CCCCCCCCCCc1ccc(C(=O)Cl)c(Cl)c1. The number of aryl methyl sites for hydroxylation is 1. The summed E-state index contributed by atoms with van der Waals surface area (Å²) in [4.78, 5) is 11.1. The Kier molecular flexibility index (Phi) is 8.97. The van der Waals surface area contributed by atoms with E-state index in [0.717, 1.165) is 6.42 Å². The summed E-state index contributed by atoms with van der Waals surface area (Å²) < 4.78 is 0. The molecule has 0 aromatic heterocycles. The van der Waals surface area contributed by atoms with Gasteiger partial charge in [-0.1, -0.05) is 69.5 Å². The summed E-state index contributed by atoms with van der Waals surface area (Å²) >= 11 is 11.5. The number of benzene rings is 1. The fraction of sp³-hybridized carbons (Fsp3) is 0.588. The molecule has 0 radical (unpaired) electrons. The van der Waals surface area contributed by atoms with Gasteiger partial charge < -0.3 is 0 Å². The van der Waals surface area contributed by atoms with Crippen molar-refractivity contribution in [2.45, 2.75) is 64.7 Å². The van der Waals surface area contributed by atoms with E-state index in [2.05, 4.69) is 6.92 Å². The lowest BCUT2D eigenvalue weighted by Crippen LogP contribution is -1.93. The molecule has 0 aliphatic rings. The van der Waals surface area contributed by atoms with Crippen LogP contribution in [0.25, 0.3) is 0 Å². The minimum atomic E-state index is -0.492. The number of rotatable bonds is 10. The summed E-state index contributed by atoms with van der Waals surface area (Å²) in [7, 11) is 0. The Bertz CT molecular complexity index is 415. The highest BCUT2D eigenvalue weighted by molar-refractivity contribution is 6.68. The predicted octanol–water partition coefficient (Wildman–Crippen LogP) is 6.40. The third-order valence-corrected chi connectivity index (χ3v) is 4.08. The number of hydrogen-bond acceptors (Lipinski definition) is 1. The molecule has 0 spiro atoms. The van der Waals surface area contributed by atoms with Gasteiger partial charge in [0, 0.05) is 0 Å². The largest absolute Gasteiger partial charge is 0.276 e. The summed E-state index contributed by atoms with van der Waals surface area (Å²) in [6.07, 6.45) is 11.5. The Balaban J connectivity index is 2.19. The maximum atomic E-state index is 11.1. The van der Waals surface area contributed by atoms with E-state index in [9.17, 15) is 4.79 Å². The van der Waals surface area contributed by atoms with Gasteiger partial charge in [0.25, 0.3) is 5.24 Å². The van der Waals surface area contributed by atoms with Gasteiger partial charge in [-0.25, -0.2) is 0 Å². The first-order chi connectivity index (χ1) is 9.65. The smallest absolute Gasteiger partial charge is 0.253 e. The van der Waals surface area contributed by atoms with Gasteiger partial charge in [0.15, 0.2) is 0 Å². The molecule has 0 N–H and O–H groups in total. The quantitative estimate of drug-likeness (QED) is 0.360. The second-order valence-corrected chi connectivity index (χ2v) is 6.06.